The zero-order valence-corrected chi connectivity index (χ0v) is 12.8. The molecule has 0 unspecified atom stereocenters. The smallest absolute Gasteiger partial charge is 0.311 e. The van der Waals surface area contributed by atoms with E-state index in [1.165, 1.54) is 0 Å². The van der Waals surface area contributed by atoms with Gasteiger partial charge in [-0.3, -0.25) is 4.79 Å². The van der Waals surface area contributed by atoms with E-state index in [-0.39, 0.29) is 12.6 Å². The third kappa shape index (κ3) is 8.96. The van der Waals surface area contributed by atoms with Crippen LogP contribution >= 0.6 is 0 Å². The lowest BCUT2D eigenvalue weighted by Gasteiger charge is -2.17. The van der Waals surface area contributed by atoms with Crippen molar-refractivity contribution in [2.24, 2.45) is 5.41 Å². The highest BCUT2D eigenvalue weighted by molar-refractivity contribution is 6.83. The van der Waals surface area contributed by atoms with Crippen molar-refractivity contribution in [3.63, 3.8) is 0 Å². The van der Waals surface area contributed by atoms with E-state index in [0.29, 0.717) is 6.42 Å². The van der Waals surface area contributed by atoms with Crippen LogP contribution in [0.3, 0.4) is 0 Å². The van der Waals surface area contributed by atoms with Crippen molar-refractivity contribution in [2.45, 2.75) is 52.9 Å². The summed E-state index contributed by atoms with van der Waals surface area (Å²) >= 11 is 0. The number of aliphatic hydroxyl groups excluding tert-OH is 1. The Morgan fingerprint density at radius 3 is 2.29 bits per heavy atom. The maximum atomic E-state index is 11.4. The van der Waals surface area contributed by atoms with Gasteiger partial charge in [0, 0.05) is 6.42 Å². The maximum Gasteiger partial charge on any atom is 0.311 e. The summed E-state index contributed by atoms with van der Waals surface area (Å²) < 4.78 is 5.01. The topological polar surface area (TPSA) is 46.5 Å². The Hall–Kier alpha value is -0.793. The molecule has 0 saturated heterocycles. The monoisotopic (exact) mass is 256 g/mol. The molecule has 0 aromatic rings. The first-order chi connectivity index (χ1) is 7.52. The van der Waals surface area contributed by atoms with Gasteiger partial charge in [-0.25, -0.2) is 0 Å². The first kappa shape index (κ1) is 16.2. The van der Waals surface area contributed by atoms with Crippen molar-refractivity contribution in [1.82, 2.24) is 0 Å². The average Bonchev–Trinajstić information content (AvgIpc) is 2.10. The molecule has 4 heteroatoms. The highest BCUT2D eigenvalue weighted by Crippen LogP contribution is 2.15. The van der Waals surface area contributed by atoms with E-state index in [4.69, 9.17) is 4.74 Å². The van der Waals surface area contributed by atoms with Crippen molar-refractivity contribution in [3.05, 3.63) is 0 Å². The van der Waals surface area contributed by atoms with Crippen LogP contribution in [0.15, 0.2) is 0 Å². The van der Waals surface area contributed by atoms with Gasteiger partial charge in [-0.1, -0.05) is 19.6 Å². The summed E-state index contributed by atoms with van der Waals surface area (Å²) in [5.74, 6) is 2.66. The molecule has 0 radical (unpaired) electrons. The molecule has 1 N–H and O–H groups in total. The normalized spacial score (nSPS) is 13.6. The van der Waals surface area contributed by atoms with Crippen LogP contribution in [0.5, 0.6) is 0 Å². The second kappa shape index (κ2) is 6.22. The lowest BCUT2D eigenvalue weighted by molar-refractivity contribution is -0.155. The Labute approximate surface area is 106 Å². The molecule has 0 rings (SSSR count). The van der Waals surface area contributed by atoms with Gasteiger partial charge in [0.25, 0.3) is 0 Å². The second-order valence-electron chi connectivity index (χ2n) is 6.26. The van der Waals surface area contributed by atoms with Crippen molar-refractivity contribution in [3.8, 4) is 11.5 Å². The number of ether oxygens (including phenoxy) is 1. The van der Waals surface area contributed by atoms with E-state index in [0.717, 1.165) is 0 Å². The van der Waals surface area contributed by atoms with Crippen LogP contribution in [-0.4, -0.2) is 31.9 Å². The Morgan fingerprint density at radius 2 is 1.88 bits per heavy atom. The molecule has 0 heterocycles. The number of aliphatic hydroxyl groups is 1. The fourth-order valence-corrected chi connectivity index (χ4v) is 1.51. The van der Waals surface area contributed by atoms with Crippen molar-refractivity contribution < 1.29 is 14.6 Å². The molecule has 0 spiro atoms. The average molecular weight is 256 g/mol. The number of hydrogen-bond acceptors (Lipinski definition) is 3. The number of hydrogen-bond donors (Lipinski definition) is 1. The van der Waals surface area contributed by atoms with Crippen LogP contribution in [0.1, 0.15) is 27.2 Å². The van der Waals surface area contributed by atoms with E-state index in [9.17, 15) is 9.90 Å². The van der Waals surface area contributed by atoms with Gasteiger partial charge in [-0.15, -0.1) is 11.5 Å². The second-order valence-corrected chi connectivity index (χ2v) is 11.0. The fourth-order valence-electron chi connectivity index (χ4n) is 0.881. The molecular weight excluding hydrogens is 232 g/mol. The number of rotatable bonds is 3. The van der Waals surface area contributed by atoms with E-state index in [2.05, 4.69) is 31.1 Å². The molecule has 0 fully saturated rings. The third-order valence-corrected chi connectivity index (χ3v) is 2.75. The summed E-state index contributed by atoms with van der Waals surface area (Å²) in [7, 11) is -1.38. The predicted molar refractivity (Wildman–Crippen MR) is 72.2 cm³/mol. The van der Waals surface area contributed by atoms with Crippen LogP contribution in [-0.2, 0) is 9.53 Å². The van der Waals surface area contributed by atoms with Gasteiger partial charge in [0.15, 0.2) is 0 Å². The molecule has 0 saturated carbocycles. The van der Waals surface area contributed by atoms with E-state index >= 15 is 0 Å². The summed E-state index contributed by atoms with van der Waals surface area (Å²) in [5, 5.41) is 9.60. The number of carbonyl (C=O) groups excluding carboxylic acids is 1. The minimum absolute atomic E-state index is 0.0243. The first-order valence-electron chi connectivity index (χ1n) is 5.88. The molecule has 0 aliphatic carbocycles. The largest absolute Gasteiger partial charge is 0.462 e. The van der Waals surface area contributed by atoms with Gasteiger partial charge in [0.1, 0.15) is 14.7 Å². The maximum absolute atomic E-state index is 11.4. The molecule has 3 nitrogen and oxygen atoms in total. The Morgan fingerprint density at radius 1 is 1.35 bits per heavy atom. The summed E-state index contributed by atoms with van der Waals surface area (Å²) in [5.41, 5.74) is 2.63. The molecule has 17 heavy (non-hydrogen) atoms. The Kier molecular flexibility index (Phi) is 5.93. The minimum Gasteiger partial charge on any atom is -0.462 e. The predicted octanol–water partition coefficient (Wildman–Crippen LogP) is 2.21. The van der Waals surface area contributed by atoms with Gasteiger partial charge in [0.2, 0.25) is 0 Å². The Bertz CT molecular complexity index is 312. The van der Waals surface area contributed by atoms with Gasteiger partial charge < -0.3 is 9.84 Å². The summed E-state index contributed by atoms with van der Waals surface area (Å²) in [4.78, 5) is 11.4. The summed E-state index contributed by atoms with van der Waals surface area (Å²) in [6.45, 7) is 11.8. The lowest BCUT2D eigenvalue weighted by Crippen LogP contribution is -2.27. The van der Waals surface area contributed by atoms with Gasteiger partial charge in [-0.2, -0.15) is 0 Å². The van der Waals surface area contributed by atoms with E-state index in [1.807, 2.05) is 0 Å². The van der Waals surface area contributed by atoms with E-state index < -0.39 is 19.6 Å². The molecule has 0 bridgehead atoms. The minimum atomic E-state index is -1.38. The highest BCUT2D eigenvalue weighted by atomic mass is 28.3. The van der Waals surface area contributed by atoms with Gasteiger partial charge >= 0.3 is 5.97 Å². The standard InChI is InChI=1S/C13H24O3Si/c1-13(2,3)12(15)16-10-11(14)8-7-9-17(4,5)6/h11,14H,8,10H2,1-6H3/t11-/m1/s1. The zero-order chi connectivity index (χ0) is 13.7. The Balaban J connectivity index is 4.00. The molecule has 0 aliphatic rings. The summed E-state index contributed by atoms with van der Waals surface area (Å²) in [6, 6.07) is 0. The molecule has 1 atom stereocenters. The molecule has 0 aromatic carbocycles. The molecule has 0 aromatic heterocycles. The van der Waals surface area contributed by atoms with Crippen LogP contribution < -0.4 is 0 Å². The summed E-state index contributed by atoms with van der Waals surface area (Å²) in [6.07, 6.45) is -0.327. The van der Waals surface area contributed by atoms with Crippen LogP contribution in [0, 0.1) is 16.9 Å². The number of carbonyl (C=O) groups is 1. The molecular formula is C13H24O3Si. The van der Waals surface area contributed by atoms with Crippen LogP contribution in [0.2, 0.25) is 19.6 Å². The third-order valence-electron chi connectivity index (χ3n) is 1.82. The number of esters is 1. The fraction of sp³-hybridized carbons (Fsp3) is 0.769. The SMILES string of the molecule is CC(C)(C)C(=O)OC[C@H](O)CC#C[Si](C)(C)C. The quantitative estimate of drug-likeness (QED) is 0.478. The molecule has 0 aliphatic heterocycles. The van der Waals surface area contributed by atoms with Crippen LogP contribution in [0.4, 0.5) is 0 Å². The highest BCUT2D eigenvalue weighted by Gasteiger charge is 2.23. The van der Waals surface area contributed by atoms with Gasteiger partial charge in [0.05, 0.1) is 11.5 Å². The molecule has 0 amide bonds. The lowest BCUT2D eigenvalue weighted by atomic mass is 9.97. The van der Waals surface area contributed by atoms with Crippen molar-refractivity contribution in [1.29, 1.82) is 0 Å². The van der Waals surface area contributed by atoms with Crippen LogP contribution in [0.25, 0.3) is 0 Å². The zero-order valence-electron chi connectivity index (χ0n) is 11.8. The molecule has 98 valence electrons. The van der Waals surface area contributed by atoms with Gasteiger partial charge in [-0.05, 0) is 20.8 Å². The van der Waals surface area contributed by atoms with Crippen molar-refractivity contribution >= 4 is 14.0 Å². The van der Waals surface area contributed by atoms with Crippen molar-refractivity contribution in [2.75, 3.05) is 6.61 Å². The first-order valence-corrected chi connectivity index (χ1v) is 9.38. The van der Waals surface area contributed by atoms with E-state index in [1.54, 1.807) is 20.8 Å².